The topological polar surface area (TPSA) is 99.5 Å². The lowest BCUT2D eigenvalue weighted by molar-refractivity contribution is -0.159. The van der Waals surface area contributed by atoms with Crippen LogP contribution in [0.5, 0.6) is 11.5 Å². The highest BCUT2D eigenvalue weighted by molar-refractivity contribution is 6.27. The number of carboxylic acid groups (broad SMARTS) is 2. The molecule has 2 saturated heterocycles. The van der Waals surface area contributed by atoms with E-state index in [9.17, 15) is 0 Å². The molecule has 0 bridgehead atoms. The van der Waals surface area contributed by atoms with Gasteiger partial charge in [0.15, 0.2) is 11.5 Å². The summed E-state index contributed by atoms with van der Waals surface area (Å²) in [6.07, 6.45) is 6.80. The molecule has 8 nitrogen and oxygen atoms in total. The quantitative estimate of drug-likeness (QED) is 0.716. The minimum Gasteiger partial charge on any atom is -0.493 e. The van der Waals surface area contributed by atoms with Crippen LogP contribution in [0.1, 0.15) is 37.7 Å². The van der Waals surface area contributed by atoms with E-state index in [1.165, 1.54) is 63.8 Å². The summed E-state index contributed by atoms with van der Waals surface area (Å²) in [4.78, 5) is 23.5. The van der Waals surface area contributed by atoms with E-state index in [1.807, 2.05) is 6.07 Å². The Balaban J connectivity index is 0.000000438. The van der Waals surface area contributed by atoms with Gasteiger partial charge in [-0.15, -0.1) is 0 Å². The van der Waals surface area contributed by atoms with Gasteiger partial charge in [-0.25, -0.2) is 9.59 Å². The second kappa shape index (κ2) is 11.6. The standard InChI is InChI=1S/C19H30N2O2.C2H2O4/c1-22-18-8-6-7-16(19(18)23-2)15-20-13-9-17(10-14-20)21-11-4-3-5-12-21;3-1(4)2(5)6/h6-8,17H,3-5,9-15H2,1-2H3;(H,3,4)(H,5,6). The molecule has 0 radical (unpaired) electrons. The number of carboxylic acids is 2. The number of hydrogen-bond acceptors (Lipinski definition) is 6. The van der Waals surface area contributed by atoms with Gasteiger partial charge in [0.1, 0.15) is 0 Å². The Morgan fingerprint density at radius 2 is 1.59 bits per heavy atom. The number of nitrogens with zero attached hydrogens (tertiary/aromatic N) is 2. The Morgan fingerprint density at radius 3 is 2.10 bits per heavy atom. The van der Waals surface area contributed by atoms with Crippen molar-refractivity contribution in [1.29, 1.82) is 0 Å². The van der Waals surface area contributed by atoms with E-state index in [1.54, 1.807) is 14.2 Å². The third-order valence-electron chi connectivity index (χ3n) is 5.53. The molecule has 162 valence electrons. The molecule has 0 atom stereocenters. The molecule has 0 spiro atoms. The summed E-state index contributed by atoms with van der Waals surface area (Å²) in [7, 11) is 3.43. The monoisotopic (exact) mass is 408 g/mol. The number of ether oxygens (including phenoxy) is 2. The Bertz CT molecular complexity index is 655. The molecule has 1 aromatic carbocycles. The van der Waals surface area contributed by atoms with Crippen molar-refractivity contribution in [3.63, 3.8) is 0 Å². The van der Waals surface area contributed by atoms with Crippen molar-refractivity contribution in [2.24, 2.45) is 0 Å². The molecule has 1 aromatic rings. The van der Waals surface area contributed by atoms with E-state index in [0.29, 0.717) is 0 Å². The first-order chi connectivity index (χ1) is 14.0. The summed E-state index contributed by atoms with van der Waals surface area (Å²) in [5.41, 5.74) is 1.23. The molecule has 0 saturated carbocycles. The van der Waals surface area contributed by atoms with Crippen LogP contribution < -0.4 is 9.47 Å². The first-order valence-electron chi connectivity index (χ1n) is 10.1. The lowest BCUT2D eigenvalue weighted by atomic mass is 9.99. The van der Waals surface area contributed by atoms with Gasteiger partial charge in [-0.1, -0.05) is 18.6 Å². The van der Waals surface area contributed by atoms with E-state index < -0.39 is 11.9 Å². The highest BCUT2D eigenvalue weighted by Gasteiger charge is 2.26. The number of likely N-dealkylation sites (tertiary alicyclic amines) is 2. The third-order valence-corrected chi connectivity index (χ3v) is 5.53. The number of piperidine rings is 2. The summed E-state index contributed by atoms with van der Waals surface area (Å²) in [6.45, 7) is 5.94. The first-order valence-corrected chi connectivity index (χ1v) is 10.1. The maximum absolute atomic E-state index is 9.10. The zero-order valence-corrected chi connectivity index (χ0v) is 17.3. The number of rotatable bonds is 5. The Kier molecular flexibility index (Phi) is 9.21. The normalized spacial score (nSPS) is 18.4. The molecule has 2 aliphatic rings. The number of carbonyl (C=O) groups is 2. The molecule has 0 aliphatic carbocycles. The summed E-state index contributed by atoms with van der Waals surface area (Å²) in [6, 6.07) is 6.97. The SMILES string of the molecule is COc1cccc(CN2CCC(N3CCCCC3)CC2)c1OC.O=C(O)C(=O)O. The van der Waals surface area contributed by atoms with Crippen LogP contribution in [0.3, 0.4) is 0 Å². The van der Waals surface area contributed by atoms with Crippen molar-refractivity contribution in [2.75, 3.05) is 40.4 Å². The number of benzene rings is 1. The molecule has 3 rings (SSSR count). The Labute approximate surface area is 172 Å². The molecular formula is C21H32N2O6. The third kappa shape index (κ3) is 6.90. The van der Waals surface area contributed by atoms with Gasteiger partial charge < -0.3 is 24.6 Å². The van der Waals surface area contributed by atoms with Gasteiger partial charge in [-0.05, 0) is 57.9 Å². The van der Waals surface area contributed by atoms with Crippen LogP contribution in [0.4, 0.5) is 0 Å². The summed E-state index contributed by atoms with van der Waals surface area (Å²) in [5.74, 6) is -1.94. The average Bonchev–Trinajstić information content (AvgIpc) is 2.75. The van der Waals surface area contributed by atoms with Gasteiger partial charge in [-0.2, -0.15) is 0 Å². The fourth-order valence-corrected chi connectivity index (χ4v) is 4.05. The van der Waals surface area contributed by atoms with Crippen molar-refractivity contribution >= 4 is 11.9 Å². The van der Waals surface area contributed by atoms with Gasteiger partial charge >= 0.3 is 11.9 Å². The molecule has 2 fully saturated rings. The molecule has 29 heavy (non-hydrogen) atoms. The predicted octanol–water partition coefficient (Wildman–Crippen LogP) is 2.31. The maximum Gasteiger partial charge on any atom is 0.414 e. The van der Waals surface area contributed by atoms with Crippen LogP contribution in [-0.2, 0) is 16.1 Å². The summed E-state index contributed by atoms with van der Waals surface area (Å²) >= 11 is 0. The average molecular weight is 408 g/mol. The van der Waals surface area contributed by atoms with Crippen molar-refractivity contribution < 1.29 is 29.3 Å². The van der Waals surface area contributed by atoms with Gasteiger partial charge in [0.25, 0.3) is 0 Å². The van der Waals surface area contributed by atoms with Crippen LogP contribution in [0.2, 0.25) is 0 Å². The molecule has 0 amide bonds. The summed E-state index contributed by atoms with van der Waals surface area (Å²) in [5, 5.41) is 14.8. The van der Waals surface area contributed by atoms with E-state index in [-0.39, 0.29) is 0 Å². The predicted molar refractivity (Wildman–Crippen MR) is 109 cm³/mol. The number of hydrogen-bond donors (Lipinski definition) is 2. The minimum atomic E-state index is -1.82. The van der Waals surface area contributed by atoms with Gasteiger partial charge in [0.2, 0.25) is 0 Å². The molecule has 2 N–H and O–H groups in total. The Hall–Kier alpha value is -2.32. The molecule has 0 aromatic heterocycles. The second-order valence-electron chi connectivity index (χ2n) is 7.37. The van der Waals surface area contributed by atoms with Crippen LogP contribution in [-0.4, -0.2) is 78.4 Å². The van der Waals surface area contributed by atoms with Crippen LogP contribution in [0, 0.1) is 0 Å². The molecule has 8 heteroatoms. The number of methoxy groups -OCH3 is 2. The second-order valence-corrected chi connectivity index (χ2v) is 7.37. The smallest absolute Gasteiger partial charge is 0.414 e. The maximum atomic E-state index is 9.10. The van der Waals surface area contributed by atoms with Crippen LogP contribution in [0.15, 0.2) is 18.2 Å². The zero-order valence-electron chi connectivity index (χ0n) is 17.3. The minimum absolute atomic E-state index is 0.804. The zero-order chi connectivity index (χ0) is 21.2. The fourth-order valence-electron chi connectivity index (χ4n) is 4.05. The van der Waals surface area contributed by atoms with Crippen molar-refractivity contribution in [2.45, 2.75) is 44.7 Å². The van der Waals surface area contributed by atoms with Crippen LogP contribution >= 0.6 is 0 Å². The Morgan fingerprint density at radius 1 is 0.966 bits per heavy atom. The number of para-hydroxylation sites is 1. The van der Waals surface area contributed by atoms with Gasteiger partial charge in [0.05, 0.1) is 14.2 Å². The van der Waals surface area contributed by atoms with Crippen molar-refractivity contribution in [1.82, 2.24) is 9.80 Å². The molecule has 0 unspecified atom stereocenters. The number of aliphatic carboxylic acids is 2. The van der Waals surface area contributed by atoms with E-state index in [4.69, 9.17) is 29.3 Å². The van der Waals surface area contributed by atoms with Gasteiger partial charge in [0, 0.05) is 18.2 Å². The van der Waals surface area contributed by atoms with Gasteiger partial charge in [-0.3, -0.25) is 4.90 Å². The fraction of sp³-hybridized carbons (Fsp3) is 0.619. The van der Waals surface area contributed by atoms with E-state index in [0.717, 1.165) is 24.1 Å². The molecular weight excluding hydrogens is 376 g/mol. The largest absolute Gasteiger partial charge is 0.493 e. The highest BCUT2D eigenvalue weighted by Crippen LogP contribution is 2.32. The van der Waals surface area contributed by atoms with Crippen molar-refractivity contribution in [3.05, 3.63) is 23.8 Å². The molecule has 2 aliphatic heterocycles. The van der Waals surface area contributed by atoms with Crippen LogP contribution in [0.25, 0.3) is 0 Å². The van der Waals surface area contributed by atoms with Crippen molar-refractivity contribution in [3.8, 4) is 11.5 Å². The van der Waals surface area contributed by atoms with E-state index >= 15 is 0 Å². The molecule has 2 heterocycles. The summed E-state index contributed by atoms with van der Waals surface area (Å²) < 4.78 is 11.0. The lowest BCUT2D eigenvalue weighted by Crippen LogP contribution is -2.46. The lowest BCUT2D eigenvalue weighted by Gasteiger charge is -2.40. The first kappa shape index (κ1) is 23.0. The van der Waals surface area contributed by atoms with E-state index in [2.05, 4.69) is 21.9 Å². The highest BCUT2D eigenvalue weighted by atomic mass is 16.5.